The Hall–Kier alpha value is -2.25. The standard InChI is InChI=1S/C14H12Cl2N2O5/c1-20-10-6-11(21-2)18-14(17-10)23-12-8(13(19)22-3)4-7(15)5-9(12)16/h4-6H,1-3H3. The molecule has 0 spiro atoms. The lowest BCUT2D eigenvalue weighted by Crippen LogP contribution is -2.06. The second-order valence-electron chi connectivity index (χ2n) is 4.09. The van der Waals surface area contributed by atoms with E-state index in [-0.39, 0.29) is 39.1 Å². The molecule has 0 bridgehead atoms. The van der Waals surface area contributed by atoms with E-state index in [2.05, 4.69) is 14.7 Å². The number of carbonyl (C=O) groups excluding carboxylic acids is 1. The topological polar surface area (TPSA) is 79.8 Å². The molecule has 9 heteroatoms. The smallest absolute Gasteiger partial charge is 0.341 e. The second-order valence-corrected chi connectivity index (χ2v) is 4.94. The van der Waals surface area contributed by atoms with E-state index in [1.807, 2.05) is 0 Å². The number of methoxy groups -OCH3 is 3. The summed E-state index contributed by atoms with van der Waals surface area (Å²) in [5.41, 5.74) is 0.0374. The van der Waals surface area contributed by atoms with Gasteiger partial charge in [0, 0.05) is 5.02 Å². The van der Waals surface area contributed by atoms with Gasteiger partial charge in [0.25, 0.3) is 0 Å². The predicted molar refractivity (Wildman–Crippen MR) is 83.0 cm³/mol. The van der Waals surface area contributed by atoms with E-state index < -0.39 is 5.97 Å². The van der Waals surface area contributed by atoms with E-state index in [0.29, 0.717) is 0 Å². The van der Waals surface area contributed by atoms with Crippen LogP contribution in [0.1, 0.15) is 10.4 Å². The summed E-state index contributed by atoms with van der Waals surface area (Å²) in [6, 6.07) is 4.14. The van der Waals surface area contributed by atoms with Crippen molar-refractivity contribution in [1.82, 2.24) is 9.97 Å². The van der Waals surface area contributed by atoms with Gasteiger partial charge >= 0.3 is 12.0 Å². The molecular formula is C14H12Cl2N2O5. The molecule has 23 heavy (non-hydrogen) atoms. The Balaban J connectivity index is 2.49. The fourth-order valence-electron chi connectivity index (χ4n) is 1.66. The first-order valence-electron chi connectivity index (χ1n) is 6.20. The SMILES string of the molecule is COC(=O)c1cc(Cl)cc(Cl)c1Oc1nc(OC)cc(OC)n1. The highest BCUT2D eigenvalue weighted by atomic mass is 35.5. The minimum atomic E-state index is -0.667. The molecule has 2 rings (SSSR count). The monoisotopic (exact) mass is 358 g/mol. The molecule has 0 unspecified atom stereocenters. The molecule has 1 heterocycles. The van der Waals surface area contributed by atoms with Crippen molar-refractivity contribution in [2.45, 2.75) is 0 Å². The molecule has 0 aliphatic carbocycles. The Bertz CT molecular complexity index is 717. The third-order valence-electron chi connectivity index (χ3n) is 2.68. The van der Waals surface area contributed by atoms with Crippen LogP contribution >= 0.6 is 23.2 Å². The summed E-state index contributed by atoms with van der Waals surface area (Å²) in [5, 5.41) is 0.357. The summed E-state index contributed by atoms with van der Waals surface area (Å²) in [4.78, 5) is 19.9. The molecule has 0 saturated heterocycles. The number of nitrogens with zero attached hydrogens (tertiary/aromatic N) is 2. The zero-order valence-electron chi connectivity index (χ0n) is 12.4. The maximum atomic E-state index is 11.9. The number of benzene rings is 1. The zero-order valence-corrected chi connectivity index (χ0v) is 13.9. The van der Waals surface area contributed by atoms with Crippen LogP contribution in [-0.4, -0.2) is 37.3 Å². The minimum absolute atomic E-state index is 0.0122. The molecule has 2 aromatic rings. The fourth-order valence-corrected chi connectivity index (χ4v) is 2.19. The predicted octanol–water partition coefficient (Wildman–Crippen LogP) is 3.38. The van der Waals surface area contributed by atoms with Crippen molar-refractivity contribution in [3.63, 3.8) is 0 Å². The number of hydrogen-bond donors (Lipinski definition) is 0. The highest BCUT2D eigenvalue weighted by molar-refractivity contribution is 6.36. The first-order valence-corrected chi connectivity index (χ1v) is 6.96. The number of aromatic nitrogens is 2. The lowest BCUT2D eigenvalue weighted by molar-refractivity contribution is 0.0597. The van der Waals surface area contributed by atoms with Gasteiger partial charge in [0.05, 0.1) is 32.4 Å². The van der Waals surface area contributed by atoms with Crippen LogP contribution in [0, 0.1) is 0 Å². The lowest BCUT2D eigenvalue weighted by atomic mass is 10.2. The minimum Gasteiger partial charge on any atom is -0.481 e. The molecule has 0 radical (unpaired) electrons. The van der Waals surface area contributed by atoms with Crippen LogP contribution in [-0.2, 0) is 4.74 Å². The molecular weight excluding hydrogens is 347 g/mol. The van der Waals surface area contributed by atoms with Gasteiger partial charge in [0.1, 0.15) is 5.56 Å². The molecule has 1 aromatic carbocycles. The largest absolute Gasteiger partial charge is 0.481 e. The van der Waals surface area contributed by atoms with Crippen LogP contribution in [0.2, 0.25) is 10.0 Å². The third-order valence-corrected chi connectivity index (χ3v) is 3.18. The Morgan fingerprint density at radius 1 is 1.00 bits per heavy atom. The summed E-state index contributed by atoms with van der Waals surface area (Å²) in [7, 11) is 4.09. The van der Waals surface area contributed by atoms with Crippen LogP contribution in [0.25, 0.3) is 0 Å². The molecule has 122 valence electrons. The van der Waals surface area contributed by atoms with Gasteiger partial charge in [-0.3, -0.25) is 0 Å². The third kappa shape index (κ3) is 3.94. The number of esters is 1. The highest BCUT2D eigenvalue weighted by Crippen LogP contribution is 2.36. The van der Waals surface area contributed by atoms with E-state index >= 15 is 0 Å². The summed E-state index contributed by atoms with van der Waals surface area (Å²) in [6.45, 7) is 0. The van der Waals surface area contributed by atoms with Gasteiger partial charge in [-0.25, -0.2) is 4.79 Å². The van der Waals surface area contributed by atoms with Crippen molar-refractivity contribution < 1.29 is 23.7 Å². The van der Waals surface area contributed by atoms with Gasteiger partial charge in [-0.05, 0) is 12.1 Å². The first kappa shape index (κ1) is 17.1. The number of ether oxygens (including phenoxy) is 4. The second kappa shape index (κ2) is 7.34. The van der Waals surface area contributed by atoms with Gasteiger partial charge in [-0.1, -0.05) is 23.2 Å². The number of hydrogen-bond acceptors (Lipinski definition) is 7. The van der Waals surface area contributed by atoms with Crippen molar-refractivity contribution in [2.75, 3.05) is 21.3 Å². The summed E-state index contributed by atoms with van der Waals surface area (Å²) in [5.74, 6) is -0.217. The van der Waals surface area contributed by atoms with Crippen molar-refractivity contribution in [1.29, 1.82) is 0 Å². The van der Waals surface area contributed by atoms with Crippen molar-refractivity contribution in [3.05, 3.63) is 33.8 Å². The van der Waals surface area contributed by atoms with Gasteiger partial charge < -0.3 is 18.9 Å². The molecule has 0 N–H and O–H groups in total. The van der Waals surface area contributed by atoms with Crippen LogP contribution in [0.4, 0.5) is 0 Å². The highest BCUT2D eigenvalue weighted by Gasteiger charge is 2.20. The fraction of sp³-hybridized carbons (Fsp3) is 0.214. The zero-order chi connectivity index (χ0) is 17.0. The Labute approximate surface area is 142 Å². The molecule has 0 saturated carbocycles. The molecule has 0 amide bonds. The van der Waals surface area contributed by atoms with Crippen LogP contribution < -0.4 is 14.2 Å². The normalized spacial score (nSPS) is 10.1. The van der Waals surface area contributed by atoms with Crippen molar-refractivity contribution in [3.8, 4) is 23.5 Å². The maximum Gasteiger partial charge on any atom is 0.341 e. The number of rotatable bonds is 5. The molecule has 0 fully saturated rings. The Kier molecular flexibility index (Phi) is 5.46. The quantitative estimate of drug-likeness (QED) is 0.757. The lowest BCUT2D eigenvalue weighted by Gasteiger charge is -2.12. The number of carbonyl (C=O) groups is 1. The van der Waals surface area contributed by atoms with Crippen LogP contribution in [0.3, 0.4) is 0 Å². The summed E-state index contributed by atoms with van der Waals surface area (Å²) < 4.78 is 20.3. The van der Waals surface area contributed by atoms with E-state index in [0.717, 1.165) is 0 Å². The Morgan fingerprint density at radius 2 is 1.61 bits per heavy atom. The number of halogens is 2. The molecule has 0 atom stereocenters. The summed E-state index contributed by atoms with van der Waals surface area (Å²) >= 11 is 12.0. The van der Waals surface area contributed by atoms with E-state index in [4.69, 9.17) is 37.4 Å². The van der Waals surface area contributed by atoms with Crippen molar-refractivity contribution in [2.24, 2.45) is 0 Å². The average molecular weight is 359 g/mol. The average Bonchev–Trinajstić information content (AvgIpc) is 2.55. The van der Waals surface area contributed by atoms with Gasteiger partial charge in [0.2, 0.25) is 11.8 Å². The van der Waals surface area contributed by atoms with Gasteiger partial charge in [-0.15, -0.1) is 0 Å². The van der Waals surface area contributed by atoms with Gasteiger partial charge in [0.15, 0.2) is 5.75 Å². The van der Waals surface area contributed by atoms with Crippen molar-refractivity contribution >= 4 is 29.2 Å². The van der Waals surface area contributed by atoms with Gasteiger partial charge in [-0.2, -0.15) is 9.97 Å². The van der Waals surface area contributed by atoms with E-state index in [9.17, 15) is 4.79 Å². The first-order chi connectivity index (χ1) is 11.0. The molecule has 7 nitrogen and oxygen atoms in total. The molecule has 0 aliphatic heterocycles. The maximum absolute atomic E-state index is 11.9. The van der Waals surface area contributed by atoms with E-state index in [1.165, 1.54) is 39.5 Å². The summed E-state index contributed by atoms with van der Waals surface area (Å²) in [6.07, 6.45) is 0. The van der Waals surface area contributed by atoms with Crippen LogP contribution in [0.15, 0.2) is 18.2 Å². The molecule has 0 aliphatic rings. The molecule has 1 aromatic heterocycles. The van der Waals surface area contributed by atoms with Crippen LogP contribution in [0.5, 0.6) is 23.5 Å². The Morgan fingerprint density at radius 3 is 2.13 bits per heavy atom. The van der Waals surface area contributed by atoms with E-state index in [1.54, 1.807) is 0 Å².